The van der Waals surface area contributed by atoms with Crippen molar-refractivity contribution in [1.82, 2.24) is 4.98 Å². The van der Waals surface area contributed by atoms with Crippen LogP contribution in [0.25, 0.3) is 0 Å². The standard InChI is InChI=1S/C10H10ClN3O4S3/c1-20(15,16)13-7-2-4-8(5-3-7)14-21(17,18)9-6-12-10(11)19-9/h2-6,13-14H,1H3. The second kappa shape index (κ2) is 5.79. The molecule has 2 rings (SSSR count). The molecule has 0 fully saturated rings. The average molecular weight is 368 g/mol. The van der Waals surface area contributed by atoms with Gasteiger partial charge in [0, 0.05) is 11.4 Å². The molecular weight excluding hydrogens is 358 g/mol. The molecule has 11 heteroatoms. The van der Waals surface area contributed by atoms with Crippen LogP contribution in [0.3, 0.4) is 0 Å². The number of nitrogens with zero attached hydrogens (tertiary/aromatic N) is 1. The van der Waals surface area contributed by atoms with Crippen molar-refractivity contribution in [3.8, 4) is 0 Å². The van der Waals surface area contributed by atoms with Crippen LogP contribution in [0.2, 0.25) is 4.47 Å². The summed E-state index contributed by atoms with van der Waals surface area (Å²) >= 11 is 6.44. The third-order valence-corrected chi connectivity index (χ3v) is 5.73. The smallest absolute Gasteiger partial charge is 0.273 e. The summed E-state index contributed by atoms with van der Waals surface area (Å²) in [7, 11) is -7.13. The zero-order valence-corrected chi connectivity index (χ0v) is 13.8. The molecule has 0 aliphatic rings. The first kappa shape index (κ1) is 16.0. The highest BCUT2D eigenvalue weighted by Gasteiger charge is 2.17. The van der Waals surface area contributed by atoms with E-state index in [1.807, 2.05) is 0 Å². The number of hydrogen-bond acceptors (Lipinski definition) is 6. The maximum Gasteiger partial charge on any atom is 0.273 e. The van der Waals surface area contributed by atoms with Crippen LogP contribution in [0.1, 0.15) is 0 Å². The van der Waals surface area contributed by atoms with Crippen LogP contribution in [-0.4, -0.2) is 28.1 Å². The molecular formula is C10H10ClN3O4S3. The van der Waals surface area contributed by atoms with Crippen LogP contribution < -0.4 is 9.44 Å². The van der Waals surface area contributed by atoms with E-state index >= 15 is 0 Å². The highest BCUT2D eigenvalue weighted by molar-refractivity contribution is 7.94. The molecule has 0 unspecified atom stereocenters. The normalized spacial score (nSPS) is 12.1. The van der Waals surface area contributed by atoms with Crippen molar-refractivity contribution >= 4 is 54.4 Å². The molecule has 1 heterocycles. The van der Waals surface area contributed by atoms with Gasteiger partial charge in [0.25, 0.3) is 10.0 Å². The zero-order chi connectivity index (χ0) is 15.7. The number of rotatable bonds is 5. The second-order valence-electron chi connectivity index (χ2n) is 3.99. The molecule has 0 bridgehead atoms. The van der Waals surface area contributed by atoms with E-state index in [4.69, 9.17) is 11.6 Å². The third-order valence-electron chi connectivity index (χ3n) is 2.16. The van der Waals surface area contributed by atoms with Crippen molar-refractivity contribution in [3.05, 3.63) is 34.9 Å². The zero-order valence-electron chi connectivity index (χ0n) is 10.6. The van der Waals surface area contributed by atoms with E-state index in [2.05, 4.69) is 14.4 Å². The van der Waals surface area contributed by atoms with Gasteiger partial charge in [-0.15, -0.1) is 0 Å². The van der Waals surface area contributed by atoms with E-state index in [-0.39, 0.29) is 8.68 Å². The van der Waals surface area contributed by atoms with Crippen molar-refractivity contribution in [3.63, 3.8) is 0 Å². The summed E-state index contributed by atoms with van der Waals surface area (Å²) in [6, 6.07) is 5.76. The number of sulfonamides is 2. The SMILES string of the molecule is CS(=O)(=O)Nc1ccc(NS(=O)(=O)c2cnc(Cl)s2)cc1. The maximum absolute atomic E-state index is 12.0. The quantitative estimate of drug-likeness (QED) is 0.840. The maximum atomic E-state index is 12.0. The van der Waals surface area contributed by atoms with Gasteiger partial charge in [-0.1, -0.05) is 22.9 Å². The van der Waals surface area contributed by atoms with Gasteiger partial charge in [-0.3, -0.25) is 9.44 Å². The van der Waals surface area contributed by atoms with Gasteiger partial charge in [0.1, 0.15) is 0 Å². The van der Waals surface area contributed by atoms with Crippen LogP contribution in [0.5, 0.6) is 0 Å². The van der Waals surface area contributed by atoms with Gasteiger partial charge in [-0.2, -0.15) is 0 Å². The summed E-state index contributed by atoms with van der Waals surface area (Å²) in [6.45, 7) is 0. The van der Waals surface area contributed by atoms with Gasteiger partial charge < -0.3 is 0 Å². The molecule has 7 nitrogen and oxygen atoms in total. The van der Waals surface area contributed by atoms with Crippen LogP contribution in [0.4, 0.5) is 11.4 Å². The van der Waals surface area contributed by atoms with Crippen molar-refractivity contribution < 1.29 is 16.8 Å². The van der Waals surface area contributed by atoms with Crippen LogP contribution >= 0.6 is 22.9 Å². The second-order valence-corrected chi connectivity index (χ2v) is 9.26. The molecule has 2 aromatic rings. The Hall–Kier alpha value is -1.36. The van der Waals surface area contributed by atoms with Gasteiger partial charge in [0.15, 0.2) is 8.68 Å². The molecule has 2 N–H and O–H groups in total. The van der Waals surface area contributed by atoms with Gasteiger partial charge >= 0.3 is 0 Å². The molecule has 0 spiro atoms. The molecule has 0 radical (unpaired) electrons. The minimum Gasteiger partial charge on any atom is -0.284 e. The highest BCUT2D eigenvalue weighted by atomic mass is 35.5. The van der Waals surface area contributed by atoms with Gasteiger partial charge in [0.05, 0.1) is 12.5 Å². The van der Waals surface area contributed by atoms with Crippen LogP contribution in [0.15, 0.2) is 34.7 Å². The summed E-state index contributed by atoms with van der Waals surface area (Å²) in [4.78, 5) is 3.67. The lowest BCUT2D eigenvalue weighted by atomic mass is 10.3. The molecule has 21 heavy (non-hydrogen) atoms. The van der Waals surface area contributed by atoms with E-state index in [0.717, 1.165) is 23.8 Å². The van der Waals surface area contributed by atoms with E-state index in [1.54, 1.807) is 0 Å². The Morgan fingerprint density at radius 1 is 1.05 bits per heavy atom. The molecule has 0 aliphatic heterocycles. The molecule has 114 valence electrons. The Balaban J connectivity index is 2.17. The van der Waals surface area contributed by atoms with Crippen molar-refractivity contribution in [2.45, 2.75) is 4.21 Å². The third kappa shape index (κ3) is 4.56. The lowest BCUT2D eigenvalue weighted by Crippen LogP contribution is -2.12. The number of anilines is 2. The van der Waals surface area contributed by atoms with E-state index in [0.29, 0.717) is 11.4 Å². The number of nitrogens with one attached hydrogen (secondary N) is 2. The molecule has 0 aliphatic carbocycles. The van der Waals surface area contributed by atoms with E-state index in [9.17, 15) is 16.8 Å². The van der Waals surface area contributed by atoms with Gasteiger partial charge in [-0.25, -0.2) is 21.8 Å². The molecule has 0 atom stereocenters. The number of hydrogen-bond donors (Lipinski definition) is 2. The van der Waals surface area contributed by atoms with E-state index < -0.39 is 20.0 Å². The minimum absolute atomic E-state index is 0.00848. The summed E-state index contributed by atoms with van der Waals surface area (Å²) in [6.07, 6.45) is 2.19. The highest BCUT2D eigenvalue weighted by Crippen LogP contribution is 2.25. The van der Waals surface area contributed by atoms with Gasteiger partial charge in [0.2, 0.25) is 10.0 Å². The van der Waals surface area contributed by atoms with Crippen LogP contribution in [0, 0.1) is 0 Å². The first-order valence-corrected chi connectivity index (χ1v) is 9.95. The number of thiazole rings is 1. The van der Waals surface area contributed by atoms with Crippen molar-refractivity contribution in [2.75, 3.05) is 15.7 Å². The van der Waals surface area contributed by atoms with Gasteiger partial charge in [-0.05, 0) is 24.3 Å². The lowest BCUT2D eigenvalue weighted by Gasteiger charge is -2.07. The summed E-state index contributed by atoms with van der Waals surface area (Å²) in [5.41, 5.74) is 0.625. The first-order valence-electron chi connectivity index (χ1n) is 5.38. The molecule has 1 aromatic heterocycles. The lowest BCUT2D eigenvalue weighted by molar-refractivity contribution is 0.602. The first-order chi connectivity index (χ1) is 9.66. The monoisotopic (exact) mass is 367 g/mol. The number of halogens is 1. The Labute approximate surface area is 131 Å². The van der Waals surface area contributed by atoms with E-state index in [1.165, 1.54) is 24.3 Å². The molecule has 0 saturated carbocycles. The van der Waals surface area contributed by atoms with Crippen molar-refractivity contribution in [1.29, 1.82) is 0 Å². The Morgan fingerprint density at radius 3 is 2.00 bits per heavy atom. The van der Waals surface area contributed by atoms with Crippen LogP contribution in [-0.2, 0) is 20.0 Å². The largest absolute Gasteiger partial charge is 0.284 e. The Bertz CT molecular complexity index is 844. The summed E-state index contributed by atoms with van der Waals surface area (Å²) in [5.74, 6) is 0. The fourth-order valence-electron chi connectivity index (χ4n) is 1.39. The minimum atomic E-state index is -3.76. The fourth-order valence-corrected chi connectivity index (χ4v) is 4.30. The molecule has 0 amide bonds. The number of benzene rings is 1. The van der Waals surface area contributed by atoms with Crippen molar-refractivity contribution in [2.24, 2.45) is 0 Å². The topological polar surface area (TPSA) is 105 Å². The fraction of sp³-hybridized carbons (Fsp3) is 0.100. The Kier molecular flexibility index (Phi) is 4.42. The Morgan fingerprint density at radius 2 is 1.57 bits per heavy atom. The summed E-state index contributed by atoms with van der Waals surface area (Å²) < 4.78 is 50.9. The number of aromatic nitrogens is 1. The summed E-state index contributed by atoms with van der Waals surface area (Å²) in [5, 5.41) is 0. The molecule has 1 aromatic carbocycles. The predicted octanol–water partition coefficient (Wildman–Crippen LogP) is 1.97. The predicted molar refractivity (Wildman–Crippen MR) is 82.8 cm³/mol. The molecule has 0 saturated heterocycles. The average Bonchev–Trinajstić information content (AvgIpc) is 2.77.